The highest BCUT2D eigenvalue weighted by molar-refractivity contribution is 5.79. The highest BCUT2D eigenvalue weighted by atomic mass is 16.7. The van der Waals surface area contributed by atoms with Crippen molar-refractivity contribution in [3.63, 3.8) is 0 Å². The highest BCUT2D eigenvalue weighted by Gasteiger charge is 2.41. The Morgan fingerprint density at radius 2 is 2.17 bits per heavy atom. The number of rotatable bonds is 3. The second kappa shape index (κ2) is 6.84. The van der Waals surface area contributed by atoms with Crippen molar-refractivity contribution < 1.29 is 14.3 Å². The molecule has 132 valence electrons. The smallest absolute Gasteiger partial charge is 0.223 e. The molecule has 1 N–H and O–H groups in total. The highest BCUT2D eigenvalue weighted by Crippen LogP contribution is 2.36. The molecule has 0 radical (unpaired) electrons. The molecule has 24 heavy (non-hydrogen) atoms. The van der Waals surface area contributed by atoms with Gasteiger partial charge in [-0.3, -0.25) is 4.79 Å². The monoisotopic (exact) mass is 333 g/mol. The van der Waals surface area contributed by atoms with Crippen LogP contribution in [-0.2, 0) is 27.2 Å². The number of nitrogens with zero attached hydrogens (tertiary/aromatic N) is 2. The molecule has 0 bridgehead atoms. The number of nitrogens with one attached hydrogen (secondary N) is 1. The Bertz CT molecular complexity index is 578. The molecule has 4 rings (SSSR count). The zero-order valence-corrected chi connectivity index (χ0v) is 14.2. The molecule has 2 atom stereocenters. The van der Waals surface area contributed by atoms with Gasteiger partial charge < -0.3 is 19.4 Å². The lowest BCUT2D eigenvalue weighted by atomic mass is 9.97. The van der Waals surface area contributed by atoms with Gasteiger partial charge in [0.2, 0.25) is 5.91 Å². The Kier molecular flexibility index (Phi) is 4.59. The van der Waals surface area contributed by atoms with E-state index in [0.29, 0.717) is 13.2 Å². The molecule has 1 aliphatic carbocycles. The lowest BCUT2D eigenvalue weighted by molar-refractivity contribution is -0.175. The topological polar surface area (TPSA) is 65.4 Å². The van der Waals surface area contributed by atoms with E-state index in [1.807, 2.05) is 12.4 Å². The van der Waals surface area contributed by atoms with Crippen molar-refractivity contribution in [3.8, 4) is 0 Å². The predicted octanol–water partition coefficient (Wildman–Crippen LogP) is 2.03. The van der Waals surface area contributed by atoms with Crippen LogP contribution in [0.15, 0.2) is 12.4 Å². The number of aryl methyl sites for hydroxylation is 1. The van der Waals surface area contributed by atoms with E-state index in [4.69, 9.17) is 9.47 Å². The van der Waals surface area contributed by atoms with E-state index < -0.39 is 0 Å². The molecule has 1 saturated carbocycles. The van der Waals surface area contributed by atoms with Crippen LogP contribution in [0.3, 0.4) is 0 Å². The van der Waals surface area contributed by atoms with E-state index in [0.717, 1.165) is 38.1 Å². The number of fused-ring (bicyclic) bond motifs is 1. The fraction of sp³-hybridized carbons (Fsp3) is 0.778. The van der Waals surface area contributed by atoms with Gasteiger partial charge in [-0.2, -0.15) is 0 Å². The van der Waals surface area contributed by atoms with Crippen molar-refractivity contribution in [2.75, 3.05) is 13.2 Å². The van der Waals surface area contributed by atoms with Crippen molar-refractivity contribution in [2.24, 2.45) is 5.92 Å². The van der Waals surface area contributed by atoms with Gasteiger partial charge in [0, 0.05) is 50.7 Å². The average Bonchev–Trinajstić information content (AvgIpc) is 3.15. The first kappa shape index (κ1) is 16.1. The molecule has 1 aromatic rings. The Balaban J connectivity index is 1.26. The number of imidazole rings is 1. The third kappa shape index (κ3) is 3.35. The van der Waals surface area contributed by atoms with Gasteiger partial charge >= 0.3 is 0 Å². The summed E-state index contributed by atoms with van der Waals surface area (Å²) in [4.78, 5) is 16.8. The molecular weight excluding hydrogens is 306 g/mol. The summed E-state index contributed by atoms with van der Waals surface area (Å²) in [6.07, 6.45) is 12.3. The largest absolute Gasteiger partial charge is 0.353 e. The van der Waals surface area contributed by atoms with Gasteiger partial charge in [-0.05, 0) is 19.3 Å². The van der Waals surface area contributed by atoms with E-state index >= 15 is 0 Å². The average molecular weight is 333 g/mol. The minimum atomic E-state index is -0.374. The number of ether oxygens (including phenoxy) is 2. The SMILES string of the molecule is O=C(NC[C@@H]1COC2(CCCCCC2)O1)[C@H]1CCn2ccnc2C1. The summed E-state index contributed by atoms with van der Waals surface area (Å²) in [5.74, 6) is 0.782. The molecule has 2 fully saturated rings. The van der Waals surface area contributed by atoms with Crippen molar-refractivity contribution in [1.82, 2.24) is 14.9 Å². The van der Waals surface area contributed by atoms with Crippen molar-refractivity contribution in [3.05, 3.63) is 18.2 Å². The fourth-order valence-electron chi connectivity index (χ4n) is 4.18. The zero-order chi connectivity index (χ0) is 16.4. The molecular formula is C18H27N3O3. The Hall–Kier alpha value is -1.40. The van der Waals surface area contributed by atoms with Crippen molar-refractivity contribution >= 4 is 5.91 Å². The molecule has 1 saturated heterocycles. The first-order valence-electron chi connectivity index (χ1n) is 9.34. The maximum atomic E-state index is 12.5. The molecule has 1 amide bonds. The lowest BCUT2D eigenvalue weighted by Crippen LogP contribution is -2.40. The first-order chi connectivity index (χ1) is 11.7. The molecule has 1 spiro atoms. The molecule has 0 unspecified atom stereocenters. The molecule has 6 nitrogen and oxygen atoms in total. The summed E-state index contributed by atoms with van der Waals surface area (Å²) in [6, 6.07) is 0. The molecule has 2 aliphatic heterocycles. The van der Waals surface area contributed by atoms with Crippen LogP contribution in [0.4, 0.5) is 0 Å². The number of hydrogen-bond donors (Lipinski definition) is 1. The number of carbonyl (C=O) groups excluding carboxylic acids is 1. The van der Waals surface area contributed by atoms with Crippen LogP contribution in [-0.4, -0.2) is 40.5 Å². The van der Waals surface area contributed by atoms with Gasteiger partial charge in [0.15, 0.2) is 5.79 Å². The summed E-state index contributed by atoms with van der Waals surface area (Å²) < 4.78 is 14.3. The van der Waals surface area contributed by atoms with E-state index in [1.165, 1.54) is 25.7 Å². The summed E-state index contributed by atoms with van der Waals surface area (Å²) in [5.41, 5.74) is 0. The summed E-state index contributed by atoms with van der Waals surface area (Å²) >= 11 is 0. The van der Waals surface area contributed by atoms with Crippen LogP contribution in [0.2, 0.25) is 0 Å². The Morgan fingerprint density at radius 3 is 3.00 bits per heavy atom. The number of aromatic nitrogens is 2. The zero-order valence-electron chi connectivity index (χ0n) is 14.2. The minimum Gasteiger partial charge on any atom is -0.353 e. The van der Waals surface area contributed by atoms with Gasteiger partial charge in [0.05, 0.1) is 6.61 Å². The van der Waals surface area contributed by atoms with Crippen LogP contribution in [0, 0.1) is 5.92 Å². The third-order valence-corrected chi connectivity index (χ3v) is 5.60. The van der Waals surface area contributed by atoms with Gasteiger partial charge in [-0.25, -0.2) is 4.98 Å². The fourth-order valence-corrected chi connectivity index (χ4v) is 4.18. The molecule has 3 aliphatic rings. The standard InChI is InChI=1S/C18H27N3O3/c22-17(14-5-9-21-10-8-19-16(21)11-14)20-12-15-13-23-18(24-15)6-3-1-2-4-7-18/h8,10,14-15H,1-7,9,11-13H2,(H,20,22)/t14-,15+/m0/s1. The molecule has 1 aromatic heterocycles. The van der Waals surface area contributed by atoms with E-state index in [1.54, 1.807) is 0 Å². The molecule has 3 heterocycles. The van der Waals surface area contributed by atoms with Crippen LogP contribution in [0.25, 0.3) is 0 Å². The number of amides is 1. The van der Waals surface area contributed by atoms with Gasteiger partial charge in [-0.1, -0.05) is 12.8 Å². The van der Waals surface area contributed by atoms with Crippen LogP contribution in [0.1, 0.15) is 50.8 Å². The molecule has 6 heteroatoms. The Morgan fingerprint density at radius 1 is 1.33 bits per heavy atom. The van der Waals surface area contributed by atoms with Crippen LogP contribution in [0.5, 0.6) is 0 Å². The maximum absolute atomic E-state index is 12.5. The number of hydrogen-bond acceptors (Lipinski definition) is 4. The first-order valence-corrected chi connectivity index (χ1v) is 9.34. The maximum Gasteiger partial charge on any atom is 0.223 e. The van der Waals surface area contributed by atoms with E-state index in [9.17, 15) is 4.79 Å². The predicted molar refractivity (Wildman–Crippen MR) is 88.3 cm³/mol. The second-order valence-corrected chi connectivity index (χ2v) is 7.35. The van der Waals surface area contributed by atoms with Gasteiger partial charge in [0.25, 0.3) is 0 Å². The van der Waals surface area contributed by atoms with Crippen LogP contribution >= 0.6 is 0 Å². The number of carbonyl (C=O) groups is 1. The van der Waals surface area contributed by atoms with Gasteiger partial charge in [-0.15, -0.1) is 0 Å². The molecule has 0 aromatic carbocycles. The van der Waals surface area contributed by atoms with E-state index in [2.05, 4.69) is 14.9 Å². The third-order valence-electron chi connectivity index (χ3n) is 5.60. The van der Waals surface area contributed by atoms with Crippen molar-refractivity contribution in [2.45, 2.75) is 69.8 Å². The summed E-state index contributed by atoms with van der Waals surface area (Å²) in [7, 11) is 0. The lowest BCUT2D eigenvalue weighted by Gasteiger charge is -2.27. The summed E-state index contributed by atoms with van der Waals surface area (Å²) in [6.45, 7) is 2.01. The second-order valence-electron chi connectivity index (χ2n) is 7.35. The van der Waals surface area contributed by atoms with E-state index in [-0.39, 0.29) is 23.7 Å². The normalized spacial score (nSPS) is 29.2. The van der Waals surface area contributed by atoms with Gasteiger partial charge in [0.1, 0.15) is 11.9 Å². The summed E-state index contributed by atoms with van der Waals surface area (Å²) in [5, 5.41) is 3.07. The minimum absolute atomic E-state index is 0.0161. The Labute approximate surface area is 142 Å². The quantitative estimate of drug-likeness (QED) is 0.919. The van der Waals surface area contributed by atoms with Crippen molar-refractivity contribution in [1.29, 1.82) is 0 Å². The van der Waals surface area contributed by atoms with Crippen LogP contribution < -0.4 is 5.32 Å².